The summed E-state index contributed by atoms with van der Waals surface area (Å²) in [5.41, 5.74) is 8.76. The van der Waals surface area contributed by atoms with E-state index in [1.165, 1.54) is 0 Å². The molecule has 1 aromatic carbocycles. The molecule has 0 spiro atoms. The third kappa shape index (κ3) is 2.76. The molecule has 0 saturated carbocycles. The van der Waals surface area contributed by atoms with E-state index < -0.39 is 5.91 Å². The van der Waals surface area contributed by atoms with E-state index in [0.717, 1.165) is 16.8 Å². The number of aryl methyl sites for hydroxylation is 1. The van der Waals surface area contributed by atoms with Crippen molar-refractivity contribution in [1.29, 1.82) is 0 Å². The van der Waals surface area contributed by atoms with Crippen LogP contribution in [0.4, 0.5) is 5.69 Å². The van der Waals surface area contributed by atoms with Gasteiger partial charge in [0.15, 0.2) is 0 Å². The average molecular weight is 258 g/mol. The van der Waals surface area contributed by atoms with Gasteiger partial charge < -0.3 is 11.1 Å². The van der Waals surface area contributed by atoms with E-state index in [9.17, 15) is 4.79 Å². The number of nitrogens with two attached hydrogens (primary N) is 1. The number of nitrogens with zero attached hydrogens (tertiary/aromatic N) is 2. The Hall–Kier alpha value is -2.30. The van der Waals surface area contributed by atoms with Crippen LogP contribution < -0.4 is 11.1 Å². The Labute approximate surface area is 112 Å². The predicted molar refractivity (Wildman–Crippen MR) is 74.9 cm³/mol. The summed E-state index contributed by atoms with van der Waals surface area (Å²) in [6.45, 7) is 3.94. The molecule has 3 N–H and O–H groups in total. The fraction of sp³-hybridized carbons (Fsp3) is 0.286. The van der Waals surface area contributed by atoms with Crippen LogP contribution in [-0.2, 0) is 7.05 Å². The second kappa shape index (κ2) is 5.14. The monoisotopic (exact) mass is 258 g/mol. The number of carbonyl (C=O) groups is 1. The van der Waals surface area contributed by atoms with Crippen LogP contribution in [0.5, 0.6) is 0 Å². The smallest absolute Gasteiger partial charge is 0.249 e. The zero-order chi connectivity index (χ0) is 14.0. The number of hydrogen-bond donors (Lipinski definition) is 2. The Balaban J connectivity index is 2.24. The van der Waals surface area contributed by atoms with E-state index in [4.69, 9.17) is 5.73 Å². The zero-order valence-electron chi connectivity index (χ0n) is 11.3. The third-order valence-electron chi connectivity index (χ3n) is 3.20. The first kappa shape index (κ1) is 13.1. The Bertz CT molecular complexity index is 603. The highest BCUT2D eigenvalue weighted by molar-refractivity contribution is 5.95. The van der Waals surface area contributed by atoms with Crippen molar-refractivity contribution >= 4 is 11.6 Å². The standard InChI is InChI=1S/C14H18N4O/c1-9-12(14(15)19)5-4-6-13(9)17-10(2)11-7-16-18(3)8-11/h4-8,10,17H,1-3H3,(H2,15,19). The van der Waals surface area contributed by atoms with E-state index >= 15 is 0 Å². The fourth-order valence-electron chi connectivity index (χ4n) is 2.04. The van der Waals surface area contributed by atoms with Gasteiger partial charge in [-0.3, -0.25) is 9.48 Å². The van der Waals surface area contributed by atoms with Gasteiger partial charge in [-0.15, -0.1) is 0 Å². The van der Waals surface area contributed by atoms with E-state index in [0.29, 0.717) is 5.56 Å². The molecule has 0 aliphatic heterocycles. The molecule has 0 saturated heterocycles. The summed E-state index contributed by atoms with van der Waals surface area (Å²) in [4.78, 5) is 11.3. The van der Waals surface area contributed by atoms with Crippen LogP contribution in [-0.4, -0.2) is 15.7 Å². The Morgan fingerprint density at radius 2 is 2.21 bits per heavy atom. The van der Waals surface area contributed by atoms with Gasteiger partial charge >= 0.3 is 0 Å². The zero-order valence-corrected chi connectivity index (χ0v) is 11.3. The van der Waals surface area contributed by atoms with Crippen LogP contribution in [0.15, 0.2) is 30.6 Å². The van der Waals surface area contributed by atoms with Crippen LogP contribution >= 0.6 is 0 Å². The van der Waals surface area contributed by atoms with Gasteiger partial charge in [-0.1, -0.05) is 6.07 Å². The van der Waals surface area contributed by atoms with Crippen molar-refractivity contribution in [3.63, 3.8) is 0 Å². The summed E-state index contributed by atoms with van der Waals surface area (Å²) in [5, 5.41) is 7.52. The molecule has 1 heterocycles. The highest BCUT2D eigenvalue weighted by atomic mass is 16.1. The lowest BCUT2D eigenvalue weighted by Crippen LogP contribution is -2.14. The minimum absolute atomic E-state index is 0.107. The van der Waals surface area contributed by atoms with Gasteiger partial charge in [0, 0.05) is 30.1 Å². The molecule has 5 heteroatoms. The SMILES string of the molecule is Cc1c(NC(C)c2cnn(C)c2)cccc1C(N)=O. The van der Waals surface area contributed by atoms with Crippen molar-refractivity contribution < 1.29 is 4.79 Å². The molecule has 2 rings (SSSR count). The summed E-state index contributed by atoms with van der Waals surface area (Å²) in [7, 11) is 1.88. The Morgan fingerprint density at radius 3 is 2.79 bits per heavy atom. The maximum Gasteiger partial charge on any atom is 0.249 e. The second-order valence-corrected chi connectivity index (χ2v) is 4.66. The lowest BCUT2D eigenvalue weighted by atomic mass is 10.0. The van der Waals surface area contributed by atoms with Crippen LogP contribution in [0.3, 0.4) is 0 Å². The van der Waals surface area contributed by atoms with Crippen molar-refractivity contribution in [2.75, 3.05) is 5.32 Å². The number of benzene rings is 1. The summed E-state index contributed by atoms with van der Waals surface area (Å²) < 4.78 is 1.76. The molecule has 0 aliphatic rings. The molecule has 19 heavy (non-hydrogen) atoms. The van der Waals surface area contributed by atoms with Crippen LogP contribution in [0, 0.1) is 6.92 Å². The van der Waals surface area contributed by atoms with Gasteiger partial charge in [0.1, 0.15) is 0 Å². The number of aromatic nitrogens is 2. The van der Waals surface area contributed by atoms with Crippen molar-refractivity contribution in [1.82, 2.24) is 9.78 Å². The van der Waals surface area contributed by atoms with Gasteiger partial charge in [0.25, 0.3) is 0 Å². The van der Waals surface area contributed by atoms with Gasteiger partial charge in [-0.25, -0.2) is 0 Å². The first-order valence-corrected chi connectivity index (χ1v) is 6.13. The summed E-state index contributed by atoms with van der Waals surface area (Å²) in [5.74, 6) is -0.407. The van der Waals surface area contributed by atoms with Gasteiger partial charge in [-0.2, -0.15) is 5.10 Å². The number of anilines is 1. The number of primary amides is 1. The van der Waals surface area contributed by atoms with Crippen molar-refractivity contribution in [3.8, 4) is 0 Å². The van der Waals surface area contributed by atoms with Crippen molar-refractivity contribution in [3.05, 3.63) is 47.3 Å². The summed E-state index contributed by atoms with van der Waals surface area (Å²) in [6.07, 6.45) is 3.79. The van der Waals surface area contributed by atoms with Crippen LogP contribution in [0.1, 0.15) is 34.5 Å². The summed E-state index contributed by atoms with van der Waals surface area (Å²) >= 11 is 0. The minimum atomic E-state index is -0.407. The topological polar surface area (TPSA) is 72.9 Å². The summed E-state index contributed by atoms with van der Waals surface area (Å²) in [6, 6.07) is 5.60. The number of rotatable bonds is 4. The lowest BCUT2D eigenvalue weighted by molar-refractivity contribution is 0.1000. The van der Waals surface area contributed by atoms with Crippen molar-refractivity contribution in [2.45, 2.75) is 19.9 Å². The van der Waals surface area contributed by atoms with E-state index in [2.05, 4.69) is 10.4 Å². The molecular formula is C14H18N4O. The van der Waals surface area contributed by atoms with E-state index in [-0.39, 0.29) is 6.04 Å². The number of carbonyl (C=O) groups excluding carboxylic acids is 1. The molecule has 0 bridgehead atoms. The maximum absolute atomic E-state index is 11.3. The quantitative estimate of drug-likeness (QED) is 0.881. The largest absolute Gasteiger partial charge is 0.378 e. The average Bonchev–Trinajstić information content (AvgIpc) is 2.78. The lowest BCUT2D eigenvalue weighted by Gasteiger charge is -2.17. The second-order valence-electron chi connectivity index (χ2n) is 4.66. The molecule has 1 aromatic heterocycles. The fourth-order valence-corrected chi connectivity index (χ4v) is 2.04. The predicted octanol–water partition coefficient (Wildman–Crippen LogP) is 2.00. The Morgan fingerprint density at radius 1 is 1.47 bits per heavy atom. The molecular weight excluding hydrogens is 240 g/mol. The first-order chi connectivity index (χ1) is 8.99. The van der Waals surface area contributed by atoms with E-state index in [1.54, 1.807) is 10.7 Å². The van der Waals surface area contributed by atoms with Gasteiger partial charge in [-0.05, 0) is 31.5 Å². The molecule has 100 valence electrons. The molecule has 5 nitrogen and oxygen atoms in total. The maximum atomic E-state index is 11.3. The molecule has 1 atom stereocenters. The third-order valence-corrected chi connectivity index (χ3v) is 3.20. The highest BCUT2D eigenvalue weighted by Gasteiger charge is 2.12. The van der Waals surface area contributed by atoms with E-state index in [1.807, 2.05) is 45.4 Å². The normalized spacial score (nSPS) is 12.2. The molecule has 0 fully saturated rings. The molecule has 1 unspecified atom stereocenters. The number of hydrogen-bond acceptors (Lipinski definition) is 3. The minimum Gasteiger partial charge on any atom is -0.378 e. The molecule has 2 aromatic rings. The molecule has 0 aliphatic carbocycles. The first-order valence-electron chi connectivity index (χ1n) is 6.13. The number of nitrogens with one attached hydrogen (secondary N) is 1. The van der Waals surface area contributed by atoms with Gasteiger partial charge in [0.2, 0.25) is 5.91 Å². The van der Waals surface area contributed by atoms with Crippen LogP contribution in [0.25, 0.3) is 0 Å². The molecule has 1 amide bonds. The number of amides is 1. The molecule has 0 radical (unpaired) electrons. The van der Waals surface area contributed by atoms with Crippen LogP contribution in [0.2, 0.25) is 0 Å². The van der Waals surface area contributed by atoms with Crippen molar-refractivity contribution in [2.24, 2.45) is 12.8 Å². The highest BCUT2D eigenvalue weighted by Crippen LogP contribution is 2.23. The Kier molecular flexibility index (Phi) is 3.55. The van der Waals surface area contributed by atoms with Gasteiger partial charge in [0.05, 0.1) is 12.2 Å².